The summed E-state index contributed by atoms with van der Waals surface area (Å²) in [6.07, 6.45) is 0. The van der Waals surface area contributed by atoms with E-state index in [2.05, 4.69) is 31.4 Å². The Balaban J connectivity index is 2.01. The van der Waals surface area contributed by atoms with Gasteiger partial charge in [-0.15, -0.1) is 0 Å². The Bertz CT molecular complexity index is 580. The van der Waals surface area contributed by atoms with Gasteiger partial charge in [0, 0.05) is 17.0 Å². The molecular weight excluding hydrogens is 298 g/mol. The Morgan fingerprint density at radius 1 is 1.44 bits per heavy atom. The molecule has 0 unspecified atom stereocenters. The van der Waals surface area contributed by atoms with Crippen LogP contribution in [0.1, 0.15) is 27.6 Å². The molecular formula is C12H12BrN3O2. The second-order valence-corrected chi connectivity index (χ2v) is 4.73. The molecule has 1 amide bonds. The van der Waals surface area contributed by atoms with Crippen LogP contribution in [0.2, 0.25) is 0 Å². The lowest BCUT2D eigenvalue weighted by Crippen LogP contribution is -2.23. The van der Waals surface area contributed by atoms with Gasteiger partial charge in [-0.1, -0.05) is 21.1 Å². The normalized spacial score (nSPS) is 10.4. The van der Waals surface area contributed by atoms with Crippen LogP contribution < -0.4 is 5.32 Å². The molecule has 1 N–H and O–H groups in total. The van der Waals surface area contributed by atoms with Crippen LogP contribution in [0.15, 0.2) is 27.2 Å². The van der Waals surface area contributed by atoms with Crippen molar-refractivity contribution in [2.45, 2.75) is 20.4 Å². The number of halogens is 1. The zero-order valence-corrected chi connectivity index (χ0v) is 11.6. The number of nitrogens with one attached hydrogen (secondary N) is 1. The van der Waals surface area contributed by atoms with Crippen molar-refractivity contribution in [1.82, 2.24) is 15.5 Å². The van der Waals surface area contributed by atoms with E-state index in [0.717, 1.165) is 10.0 Å². The molecule has 0 bridgehead atoms. The molecule has 1 aromatic carbocycles. The van der Waals surface area contributed by atoms with Gasteiger partial charge in [-0.25, -0.2) is 0 Å². The number of nitrogens with zero attached hydrogens (tertiary/aromatic N) is 2. The first-order valence-corrected chi connectivity index (χ1v) is 6.19. The summed E-state index contributed by atoms with van der Waals surface area (Å²) in [7, 11) is 0. The van der Waals surface area contributed by atoms with Crippen molar-refractivity contribution in [2.75, 3.05) is 0 Å². The Morgan fingerprint density at radius 3 is 2.83 bits per heavy atom. The fourth-order valence-corrected chi connectivity index (χ4v) is 1.71. The van der Waals surface area contributed by atoms with Crippen LogP contribution in [0.5, 0.6) is 0 Å². The summed E-state index contributed by atoms with van der Waals surface area (Å²) in [5.74, 6) is 0.793. The number of aromatic nitrogens is 2. The standard InChI is InChI=1S/C12H12BrN3O2/c1-7-5-9(3-4-10(7)13)12(17)14-6-11-15-8(2)18-16-11/h3-5H,6H2,1-2H3,(H,14,17). The quantitative estimate of drug-likeness (QED) is 0.945. The minimum atomic E-state index is -0.159. The largest absolute Gasteiger partial charge is 0.345 e. The molecule has 0 fully saturated rings. The molecule has 5 nitrogen and oxygen atoms in total. The molecule has 0 saturated carbocycles. The molecule has 0 radical (unpaired) electrons. The van der Waals surface area contributed by atoms with E-state index < -0.39 is 0 Å². The fraction of sp³-hybridized carbons (Fsp3) is 0.250. The van der Waals surface area contributed by atoms with Gasteiger partial charge in [0.1, 0.15) is 0 Å². The van der Waals surface area contributed by atoms with Crippen LogP contribution >= 0.6 is 15.9 Å². The highest BCUT2D eigenvalue weighted by Crippen LogP contribution is 2.17. The van der Waals surface area contributed by atoms with E-state index in [1.54, 1.807) is 13.0 Å². The van der Waals surface area contributed by atoms with Crippen LogP contribution in [0, 0.1) is 13.8 Å². The number of carbonyl (C=O) groups is 1. The van der Waals surface area contributed by atoms with Gasteiger partial charge in [-0.3, -0.25) is 4.79 Å². The van der Waals surface area contributed by atoms with Gasteiger partial charge in [0.05, 0.1) is 6.54 Å². The van der Waals surface area contributed by atoms with E-state index in [9.17, 15) is 4.79 Å². The number of hydrogen-bond acceptors (Lipinski definition) is 4. The van der Waals surface area contributed by atoms with E-state index >= 15 is 0 Å². The molecule has 18 heavy (non-hydrogen) atoms. The lowest BCUT2D eigenvalue weighted by molar-refractivity contribution is 0.0949. The zero-order chi connectivity index (χ0) is 13.1. The molecule has 94 valence electrons. The van der Waals surface area contributed by atoms with Gasteiger partial charge in [0.25, 0.3) is 5.91 Å². The molecule has 0 saturated heterocycles. The number of aryl methyl sites for hydroxylation is 2. The van der Waals surface area contributed by atoms with Crippen molar-refractivity contribution in [3.63, 3.8) is 0 Å². The van der Waals surface area contributed by atoms with Crippen molar-refractivity contribution in [2.24, 2.45) is 0 Å². The highest BCUT2D eigenvalue weighted by Gasteiger charge is 2.08. The maximum Gasteiger partial charge on any atom is 0.251 e. The monoisotopic (exact) mass is 309 g/mol. The third-order valence-electron chi connectivity index (χ3n) is 2.40. The van der Waals surface area contributed by atoms with Crippen molar-refractivity contribution >= 4 is 21.8 Å². The minimum Gasteiger partial charge on any atom is -0.345 e. The topological polar surface area (TPSA) is 68.0 Å². The average molecular weight is 310 g/mol. The number of benzene rings is 1. The maximum atomic E-state index is 11.9. The molecule has 6 heteroatoms. The van der Waals surface area contributed by atoms with E-state index in [1.807, 2.05) is 19.1 Å². The highest BCUT2D eigenvalue weighted by atomic mass is 79.9. The second-order valence-electron chi connectivity index (χ2n) is 3.88. The number of rotatable bonds is 3. The van der Waals surface area contributed by atoms with Gasteiger partial charge in [-0.2, -0.15) is 4.98 Å². The number of carbonyl (C=O) groups excluding carboxylic acids is 1. The average Bonchev–Trinajstić information content (AvgIpc) is 2.75. The molecule has 1 heterocycles. The summed E-state index contributed by atoms with van der Waals surface area (Å²) in [4.78, 5) is 15.9. The summed E-state index contributed by atoms with van der Waals surface area (Å²) in [5, 5.41) is 6.44. The summed E-state index contributed by atoms with van der Waals surface area (Å²) in [6, 6.07) is 5.43. The first kappa shape index (κ1) is 12.8. The maximum absolute atomic E-state index is 11.9. The van der Waals surface area contributed by atoms with Crippen molar-refractivity contribution < 1.29 is 9.32 Å². The number of amides is 1. The molecule has 0 aliphatic rings. The molecule has 2 aromatic rings. The Labute approximate surface area is 113 Å². The lowest BCUT2D eigenvalue weighted by Gasteiger charge is -2.04. The Morgan fingerprint density at radius 2 is 2.22 bits per heavy atom. The van der Waals surface area contributed by atoms with E-state index in [4.69, 9.17) is 4.52 Å². The summed E-state index contributed by atoms with van der Waals surface area (Å²) >= 11 is 3.39. The van der Waals surface area contributed by atoms with E-state index in [0.29, 0.717) is 17.3 Å². The SMILES string of the molecule is Cc1nc(CNC(=O)c2ccc(Br)c(C)c2)no1. The zero-order valence-electron chi connectivity index (χ0n) is 10.0. The van der Waals surface area contributed by atoms with Gasteiger partial charge in [0.2, 0.25) is 5.89 Å². The van der Waals surface area contributed by atoms with Gasteiger partial charge < -0.3 is 9.84 Å². The smallest absolute Gasteiger partial charge is 0.251 e. The van der Waals surface area contributed by atoms with E-state index in [1.165, 1.54) is 0 Å². The predicted molar refractivity (Wildman–Crippen MR) is 69.1 cm³/mol. The summed E-state index contributed by atoms with van der Waals surface area (Å²) in [6.45, 7) is 3.89. The van der Waals surface area contributed by atoms with Gasteiger partial charge in [-0.05, 0) is 30.7 Å². The van der Waals surface area contributed by atoms with Crippen molar-refractivity contribution in [3.8, 4) is 0 Å². The van der Waals surface area contributed by atoms with Crippen LogP contribution in [0.3, 0.4) is 0 Å². The number of hydrogen-bond donors (Lipinski definition) is 1. The minimum absolute atomic E-state index is 0.159. The lowest BCUT2D eigenvalue weighted by atomic mass is 10.1. The predicted octanol–water partition coefficient (Wildman–Crippen LogP) is 2.38. The molecule has 0 atom stereocenters. The van der Waals surface area contributed by atoms with Crippen LogP contribution in [0.25, 0.3) is 0 Å². The molecule has 1 aromatic heterocycles. The molecule has 0 aliphatic heterocycles. The third kappa shape index (κ3) is 2.95. The van der Waals surface area contributed by atoms with Gasteiger partial charge in [0.15, 0.2) is 5.82 Å². The fourth-order valence-electron chi connectivity index (χ4n) is 1.46. The Hall–Kier alpha value is -1.69. The van der Waals surface area contributed by atoms with Gasteiger partial charge >= 0.3 is 0 Å². The van der Waals surface area contributed by atoms with Crippen molar-refractivity contribution in [3.05, 3.63) is 45.5 Å². The second kappa shape index (κ2) is 5.30. The van der Waals surface area contributed by atoms with Crippen LogP contribution in [-0.2, 0) is 6.54 Å². The molecule has 2 rings (SSSR count). The first-order chi connectivity index (χ1) is 8.56. The first-order valence-electron chi connectivity index (χ1n) is 5.40. The summed E-state index contributed by atoms with van der Waals surface area (Å²) in [5.41, 5.74) is 1.62. The van der Waals surface area contributed by atoms with Crippen LogP contribution in [-0.4, -0.2) is 16.0 Å². The van der Waals surface area contributed by atoms with E-state index in [-0.39, 0.29) is 12.5 Å². The molecule has 0 spiro atoms. The van der Waals surface area contributed by atoms with Crippen LogP contribution in [0.4, 0.5) is 0 Å². The highest BCUT2D eigenvalue weighted by molar-refractivity contribution is 9.10. The summed E-state index contributed by atoms with van der Waals surface area (Å²) < 4.78 is 5.80. The third-order valence-corrected chi connectivity index (χ3v) is 3.29. The van der Waals surface area contributed by atoms with Crippen molar-refractivity contribution in [1.29, 1.82) is 0 Å². The Kier molecular flexibility index (Phi) is 3.76. The molecule has 0 aliphatic carbocycles.